The fraction of sp³-hybridized carbons (Fsp3) is 0.615. The summed E-state index contributed by atoms with van der Waals surface area (Å²) in [5.41, 5.74) is 0.928. The van der Waals surface area contributed by atoms with Gasteiger partial charge in [0, 0.05) is 11.4 Å². The van der Waals surface area contributed by atoms with E-state index in [2.05, 4.69) is 10.3 Å². The molecule has 2 heterocycles. The minimum Gasteiger partial charge on any atom is -0.349 e. The van der Waals surface area contributed by atoms with Gasteiger partial charge >= 0.3 is 0 Å². The predicted molar refractivity (Wildman–Crippen MR) is 73.0 cm³/mol. The van der Waals surface area contributed by atoms with E-state index in [4.69, 9.17) is 0 Å². The summed E-state index contributed by atoms with van der Waals surface area (Å²) >= 11 is 1.47. The summed E-state index contributed by atoms with van der Waals surface area (Å²) in [5, 5.41) is 5.74. The van der Waals surface area contributed by atoms with Crippen molar-refractivity contribution in [3.8, 4) is 0 Å². The zero-order valence-electron chi connectivity index (χ0n) is 10.9. The highest BCUT2D eigenvalue weighted by atomic mass is 32.1. The molecular formula is C13H17N3O2S. The number of likely N-dealkylation sites (tertiary alicyclic amines) is 1. The first kappa shape index (κ1) is 12.6. The lowest BCUT2D eigenvalue weighted by Crippen LogP contribution is -2.40. The van der Waals surface area contributed by atoms with Crippen LogP contribution in [0.4, 0.5) is 5.13 Å². The molecule has 2 amide bonds. The highest BCUT2D eigenvalue weighted by molar-refractivity contribution is 7.13. The van der Waals surface area contributed by atoms with Crippen LogP contribution in [0, 0.1) is 6.92 Å². The molecule has 0 bridgehead atoms. The van der Waals surface area contributed by atoms with Gasteiger partial charge in [0.15, 0.2) is 5.13 Å². The predicted octanol–water partition coefficient (Wildman–Crippen LogP) is 1.93. The molecule has 1 aliphatic heterocycles. The Labute approximate surface area is 116 Å². The molecule has 1 aromatic heterocycles. The minimum absolute atomic E-state index is 0.0392. The molecule has 1 atom stereocenters. The van der Waals surface area contributed by atoms with E-state index >= 15 is 0 Å². The standard InChI is InChI=1S/C13H17N3O2S/c1-8-7-19-13(14-8)15-10-6-11(17)16(12(10)18)9-4-2-3-5-9/h7,9-10H,2-6H2,1H3,(H,14,15). The van der Waals surface area contributed by atoms with Gasteiger partial charge in [-0.25, -0.2) is 4.98 Å². The maximum atomic E-state index is 12.3. The van der Waals surface area contributed by atoms with Crippen LogP contribution in [0.1, 0.15) is 37.8 Å². The number of amides is 2. The second-order valence-corrected chi connectivity index (χ2v) is 6.09. The van der Waals surface area contributed by atoms with Crippen molar-refractivity contribution in [3.63, 3.8) is 0 Å². The summed E-state index contributed by atoms with van der Waals surface area (Å²) < 4.78 is 0. The first-order chi connectivity index (χ1) is 9.15. The van der Waals surface area contributed by atoms with E-state index in [1.54, 1.807) is 0 Å². The number of hydrogen-bond donors (Lipinski definition) is 1. The topological polar surface area (TPSA) is 62.3 Å². The molecule has 1 unspecified atom stereocenters. The number of anilines is 1. The van der Waals surface area contributed by atoms with Gasteiger partial charge in [-0.05, 0) is 19.8 Å². The second-order valence-electron chi connectivity index (χ2n) is 5.24. The Kier molecular flexibility index (Phi) is 3.26. The molecule has 0 spiro atoms. The van der Waals surface area contributed by atoms with Crippen LogP contribution >= 0.6 is 11.3 Å². The van der Waals surface area contributed by atoms with Gasteiger partial charge in [0.2, 0.25) is 5.91 Å². The Hall–Kier alpha value is -1.43. The monoisotopic (exact) mass is 279 g/mol. The quantitative estimate of drug-likeness (QED) is 0.859. The van der Waals surface area contributed by atoms with Crippen molar-refractivity contribution in [2.75, 3.05) is 5.32 Å². The summed E-state index contributed by atoms with van der Waals surface area (Å²) in [6.45, 7) is 1.91. The van der Waals surface area contributed by atoms with E-state index in [1.165, 1.54) is 16.2 Å². The number of hydrogen-bond acceptors (Lipinski definition) is 5. The lowest BCUT2D eigenvalue weighted by Gasteiger charge is -2.22. The van der Waals surface area contributed by atoms with Crippen LogP contribution in [0.2, 0.25) is 0 Å². The van der Waals surface area contributed by atoms with E-state index in [1.807, 2.05) is 12.3 Å². The average molecular weight is 279 g/mol. The van der Waals surface area contributed by atoms with E-state index in [0.29, 0.717) is 0 Å². The molecule has 5 nitrogen and oxygen atoms in total. The Bertz CT molecular complexity index is 508. The highest BCUT2D eigenvalue weighted by Crippen LogP contribution is 2.29. The van der Waals surface area contributed by atoms with Crippen LogP contribution in [0.15, 0.2) is 5.38 Å². The van der Waals surface area contributed by atoms with Crippen LogP contribution in [0.25, 0.3) is 0 Å². The van der Waals surface area contributed by atoms with Gasteiger partial charge in [-0.15, -0.1) is 11.3 Å². The third kappa shape index (κ3) is 2.36. The molecule has 2 aliphatic rings. The number of aromatic nitrogens is 1. The Morgan fingerprint density at radius 2 is 2.11 bits per heavy atom. The van der Waals surface area contributed by atoms with Gasteiger partial charge in [-0.1, -0.05) is 12.8 Å². The molecule has 102 valence electrons. The summed E-state index contributed by atoms with van der Waals surface area (Å²) in [5.74, 6) is -0.118. The minimum atomic E-state index is -0.432. The van der Waals surface area contributed by atoms with Gasteiger partial charge in [-0.3, -0.25) is 14.5 Å². The summed E-state index contributed by atoms with van der Waals surface area (Å²) in [7, 11) is 0. The number of rotatable bonds is 3. The number of nitrogens with zero attached hydrogens (tertiary/aromatic N) is 2. The van der Waals surface area contributed by atoms with Crippen LogP contribution in [-0.4, -0.2) is 33.8 Å². The van der Waals surface area contributed by atoms with E-state index in [9.17, 15) is 9.59 Å². The molecule has 1 aliphatic carbocycles. The number of imide groups is 1. The Balaban J connectivity index is 1.71. The number of carbonyl (C=O) groups is 2. The molecule has 2 fully saturated rings. The normalized spacial score (nSPS) is 24.5. The molecule has 0 radical (unpaired) electrons. The lowest BCUT2D eigenvalue weighted by atomic mass is 10.2. The summed E-state index contributed by atoms with van der Waals surface area (Å²) in [6.07, 6.45) is 4.41. The number of thiazole rings is 1. The van der Waals surface area contributed by atoms with Gasteiger partial charge in [-0.2, -0.15) is 0 Å². The third-order valence-corrected chi connectivity index (χ3v) is 4.68. The molecule has 3 rings (SSSR count). The van der Waals surface area contributed by atoms with Gasteiger partial charge in [0.1, 0.15) is 6.04 Å². The number of nitrogens with one attached hydrogen (secondary N) is 1. The van der Waals surface area contributed by atoms with Crippen molar-refractivity contribution in [2.24, 2.45) is 0 Å². The fourth-order valence-electron chi connectivity index (χ4n) is 2.88. The molecule has 1 aromatic rings. The van der Waals surface area contributed by atoms with Crippen molar-refractivity contribution in [3.05, 3.63) is 11.1 Å². The number of carbonyl (C=O) groups excluding carboxylic acids is 2. The van der Waals surface area contributed by atoms with E-state index < -0.39 is 6.04 Å². The van der Waals surface area contributed by atoms with E-state index in [0.717, 1.165) is 36.5 Å². The SMILES string of the molecule is Cc1csc(NC2CC(=O)N(C3CCCC3)C2=O)n1. The van der Waals surface area contributed by atoms with Gasteiger partial charge < -0.3 is 5.32 Å². The molecule has 1 saturated carbocycles. The van der Waals surface area contributed by atoms with Crippen LogP contribution in [0.5, 0.6) is 0 Å². The van der Waals surface area contributed by atoms with Crippen LogP contribution in [0.3, 0.4) is 0 Å². The molecule has 0 aromatic carbocycles. The Morgan fingerprint density at radius 1 is 1.37 bits per heavy atom. The van der Waals surface area contributed by atoms with Gasteiger partial charge in [0.25, 0.3) is 5.91 Å². The fourth-order valence-corrected chi connectivity index (χ4v) is 3.62. The second kappa shape index (κ2) is 4.92. The summed E-state index contributed by atoms with van der Waals surface area (Å²) in [4.78, 5) is 30.1. The maximum Gasteiger partial charge on any atom is 0.252 e. The Morgan fingerprint density at radius 3 is 2.74 bits per heavy atom. The third-order valence-electron chi connectivity index (χ3n) is 3.79. The maximum absolute atomic E-state index is 12.3. The number of aryl methyl sites for hydroxylation is 1. The largest absolute Gasteiger partial charge is 0.349 e. The molecule has 1 saturated heterocycles. The summed E-state index contributed by atoms with van der Waals surface area (Å²) in [6, 6.07) is -0.302. The van der Waals surface area contributed by atoms with E-state index in [-0.39, 0.29) is 24.3 Å². The van der Waals surface area contributed by atoms with Gasteiger partial charge in [0.05, 0.1) is 12.1 Å². The average Bonchev–Trinajstić information content (AvgIpc) is 3.04. The molecule has 1 N–H and O–H groups in total. The molecule has 19 heavy (non-hydrogen) atoms. The van der Waals surface area contributed by atoms with Crippen molar-refractivity contribution < 1.29 is 9.59 Å². The zero-order valence-corrected chi connectivity index (χ0v) is 11.7. The highest BCUT2D eigenvalue weighted by Gasteiger charge is 2.43. The van der Waals surface area contributed by atoms with Crippen molar-refractivity contribution in [1.82, 2.24) is 9.88 Å². The van der Waals surface area contributed by atoms with Crippen molar-refractivity contribution >= 4 is 28.3 Å². The molecule has 6 heteroatoms. The first-order valence-corrected chi connectivity index (χ1v) is 7.57. The van der Waals surface area contributed by atoms with Crippen molar-refractivity contribution in [1.29, 1.82) is 0 Å². The first-order valence-electron chi connectivity index (χ1n) is 6.70. The smallest absolute Gasteiger partial charge is 0.252 e. The zero-order chi connectivity index (χ0) is 13.4. The van der Waals surface area contributed by atoms with Crippen molar-refractivity contribution in [2.45, 2.75) is 51.1 Å². The van der Waals surface area contributed by atoms with Crippen LogP contribution in [-0.2, 0) is 9.59 Å². The lowest BCUT2D eigenvalue weighted by molar-refractivity contribution is -0.141. The van der Waals surface area contributed by atoms with Crippen LogP contribution < -0.4 is 5.32 Å². The molecular weight excluding hydrogens is 262 g/mol.